The average molecular weight is 301 g/mol. The van der Waals surface area contributed by atoms with Crippen molar-refractivity contribution < 1.29 is 14.1 Å². The van der Waals surface area contributed by atoms with Crippen LogP contribution in [0.3, 0.4) is 0 Å². The first kappa shape index (κ1) is 14.7. The van der Waals surface area contributed by atoms with Crippen LogP contribution < -0.4 is 10.5 Å². The monoisotopic (exact) mass is 301 g/mol. The van der Waals surface area contributed by atoms with Crippen molar-refractivity contribution in [3.8, 4) is 5.75 Å². The van der Waals surface area contributed by atoms with E-state index in [1.165, 1.54) is 6.92 Å². The zero-order valence-corrected chi connectivity index (χ0v) is 12.7. The second-order valence-electron chi connectivity index (χ2n) is 5.81. The van der Waals surface area contributed by atoms with Gasteiger partial charge in [0.15, 0.2) is 17.7 Å². The average Bonchev–Trinajstić information content (AvgIpc) is 2.95. The van der Waals surface area contributed by atoms with Gasteiger partial charge in [0.1, 0.15) is 5.75 Å². The quantitative estimate of drug-likeness (QED) is 0.854. The van der Waals surface area contributed by atoms with Gasteiger partial charge in [-0.2, -0.15) is 4.98 Å². The third-order valence-corrected chi connectivity index (χ3v) is 4.03. The lowest BCUT2D eigenvalue weighted by Crippen LogP contribution is -2.44. The number of ketones is 1. The summed E-state index contributed by atoms with van der Waals surface area (Å²) in [6.45, 7) is 3.34. The molecule has 3 rings (SSSR count). The standard InChI is InChI=1S/C16H19N3O3/c1-10(20)12-5-3-6-13(9-12)21-11(2)14-18-15(19-22-14)16(17)7-4-8-16/h3,5-6,9,11H,4,7-8,17H2,1-2H3. The van der Waals surface area contributed by atoms with Gasteiger partial charge >= 0.3 is 0 Å². The molecule has 6 heteroatoms. The van der Waals surface area contributed by atoms with E-state index in [2.05, 4.69) is 10.1 Å². The van der Waals surface area contributed by atoms with Gasteiger partial charge in [0.2, 0.25) is 0 Å². The molecule has 2 aromatic rings. The van der Waals surface area contributed by atoms with E-state index >= 15 is 0 Å². The first-order valence-electron chi connectivity index (χ1n) is 7.38. The van der Waals surface area contributed by atoms with Crippen LogP contribution in [0.4, 0.5) is 0 Å². The molecular weight excluding hydrogens is 282 g/mol. The summed E-state index contributed by atoms with van der Waals surface area (Å²) in [5.41, 5.74) is 6.33. The second-order valence-corrected chi connectivity index (χ2v) is 5.81. The summed E-state index contributed by atoms with van der Waals surface area (Å²) in [4.78, 5) is 15.8. The smallest absolute Gasteiger partial charge is 0.267 e. The number of nitrogens with two attached hydrogens (primary N) is 1. The van der Waals surface area contributed by atoms with Crippen LogP contribution in [-0.2, 0) is 5.54 Å². The number of rotatable bonds is 5. The third kappa shape index (κ3) is 2.74. The van der Waals surface area contributed by atoms with Crippen molar-refractivity contribution in [1.82, 2.24) is 10.1 Å². The molecular formula is C16H19N3O3. The maximum Gasteiger partial charge on any atom is 0.267 e. The van der Waals surface area contributed by atoms with E-state index in [0.717, 1.165) is 19.3 Å². The van der Waals surface area contributed by atoms with Crippen LogP contribution in [0, 0.1) is 0 Å². The van der Waals surface area contributed by atoms with Gasteiger partial charge in [-0.15, -0.1) is 0 Å². The molecule has 1 aliphatic rings. The van der Waals surface area contributed by atoms with E-state index in [1.807, 2.05) is 6.92 Å². The van der Waals surface area contributed by atoms with Crippen LogP contribution >= 0.6 is 0 Å². The molecule has 1 fully saturated rings. The van der Waals surface area contributed by atoms with Crippen LogP contribution in [0.5, 0.6) is 5.75 Å². The number of carbonyl (C=O) groups is 1. The highest BCUT2D eigenvalue weighted by Gasteiger charge is 2.39. The van der Waals surface area contributed by atoms with Crippen LogP contribution in [0.1, 0.15) is 61.3 Å². The molecule has 0 saturated heterocycles. The largest absolute Gasteiger partial charge is 0.481 e. The predicted octanol–water partition coefficient (Wildman–Crippen LogP) is 2.75. The maximum atomic E-state index is 11.4. The molecule has 1 atom stereocenters. The predicted molar refractivity (Wildman–Crippen MR) is 79.5 cm³/mol. The van der Waals surface area contributed by atoms with Gasteiger partial charge in [0.05, 0.1) is 5.54 Å². The topological polar surface area (TPSA) is 91.2 Å². The first-order chi connectivity index (χ1) is 10.5. The molecule has 0 aliphatic heterocycles. The number of ether oxygens (including phenoxy) is 1. The van der Waals surface area contributed by atoms with Crippen LogP contribution in [-0.4, -0.2) is 15.9 Å². The van der Waals surface area contributed by atoms with E-state index in [0.29, 0.717) is 23.0 Å². The summed E-state index contributed by atoms with van der Waals surface area (Å²) in [6, 6.07) is 7.02. The molecule has 0 radical (unpaired) electrons. The summed E-state index contributed by atoms with van der Waals surface area (Å²) in [5, 5.41) is 3.97. The van der Waals surface area contributed by atoms with Crippen molar-refractivity contribution in [3.63, 3.8) is 0 Å². The second kappa shape index (κ2) is 5.53. The van der Waals surface area contributed by atoms with Gasteiger partial charge in [0, 0.05) is 5.56 Å². The lowest BCUT2D eigenvalue weighted by atomic mass is 9.77. The Labute approximate surface area is 128 Å². The Morgan fingerprint density at radius 3 is 2.86 bits per heavy atom. The van der Waals surface area contributed by atoms with E-state index in [4.69, 9.17) is 15.0 Å². The molecule has 1 aromatic heterocycles. The van der Waals surface area contributed by atoms with Crippen molar-refractivity contribution in [2.75, 3.05) is 0 Å². The molecule has 1 heterocycles. The molecule has 1 aromatic carbocycles. The Morgan fingerprint density at radius 2 is 2.23 bits per heavy atom. The fourth-order valence-electron chi connectivity index (χ4n) is 2.43. The molecule has 0 spiro atoms. The van der Waals surface area contributed by atoms with Gasteiger partial charge < -0.3 is 15.0 Å². The highest BCUT2D eigenvalue weighted by molar-refractivity contribution is 5.94. The minimum atomic E-state index is -0.448. The fraction of sp³-hybridized carbons (Fsp3) is 0.438. The lowest BCUT2D eigenvalue weighted by Gasteiger charge is -2.34. The summed E-state index contributed by atoms with van der Waals surface area (Å²) < 4.78 is 11.0. The van der Waals surface area contributed by atoms with Crippen LogP contribution in [0.15, 0.2) is 28.8 Å². The van der Waals surface area contributed by atoms with E-state index in [1.54, 1.807) is 24.3 Å². The molecule has 116 valence electrons. The number of hydrogen-bond acceptors (Lipinski definition) is 6. The number of nitrogens with zero attached hydrogens (tertiary/aromatic N) is 2. The molecule has 1 aliphatic carbocycles. The van der Waals surface area contributed by atoms with E-state index in [9.17, 15) is 4.79 Å². The normalized spacial score (nSPS) is 17.6. The number of hydrogen-bond donors (Lipinski definition) is 1. The first-order valence-corrected chi connectivity index (χ1v) is 7.38. The fourth-order valence-corrected chi connectivity index (χ4v) is 2.43. The van der Waals surface area contributed by atoms with Crippen molar-refractivity contribution in [2.24, 2.45) is 5.73 Å². The number of benzene rings is 1. The number of Topliss-reactive ketones (excluding diaryl/α,β-unsaturated/α-hetero) is 1. The Kier molecular flexibility index (Phi) is 3.70. The van der Waals surface area contributed by atoms with Crippen molar-refractivity contribution in [3.05, 3.63) is 41.5 Å². The molecule has 1 saturated carbocycles. The number of carbonyl (C=O) groups excluding carboxylic acids is 1. The Balaban J connectivity index is 1.73. The highest BCUT2D eigenvalue weighted by Crippen LogP contribution is 2.37. The molecule has 22 heavy (non-hydrogen) atoms. The maximum absolute atomic E-state index is 11.4. The van der Waals surface area contributed by atoms with Crippen LogP contribution in [0.25, 0.3) is 0 Å². The van der Waals surface area contributed by atoms with Crippen molar-refractivity contribution >= 4 is 5.78 Å². The van der Waals surface area contributed by atoms with Crippen LogP contribution in [0.2, 0.25) is 0 Å². The summed E-state index contributed by atoms with van der Waals surface area (Å²) in [5.74, 6) is 1.51. The molecule has 2 N–H and O–H groups in total. The Morgan fingerprint density at radius 1 is 1.45 bits per heavy atom. The van der Waals surface area contributed by atoms with E-state index < -0.39 is 11.6 Å². The Hall–Kier alpha value is -2.21. The molecule has 6 nitrogen and oxygen atoms in total. The van der Waals surface area contributed by atoms with Gasteiger partial charge in [-0.05, 0) is 45.2 Å². The summed E-state index contributed by atoms with van der Waals surface area (Å²) in [6.07, 6.45) is 2.43. The lowest BCUT2D eigenvalue weighted by molar-refractivity contribution is 0.101. The third-order valence-electron chi connectivity index (χ3n) is 4.03. The summed E-state index contributed by atoms with van der Waals surface area (Å²) in [7, 11) is 0. The summed E-state index contributed by atoms with van der Waals surface area (Å²) >= 11 is 0. The molecule has 0 amide bonds. The zero-order valence-electron chi connectivity index (χ0n) is 12.7. The minimum Gasteiger partial charge on any atom is -0.481 e. The minimum absolute atomic E-state index is 0.00626. The van der Waals surface area contributed by atoms with E-state index in [-0.39, 0.29) is 5.78 Å². The van der Waals surface area contributed by atoms with Gasteiger partial charge in [-0.25, -0.2) is 0 Å². The SMILES string of the molecule is CC(=O)c1cccc(OC(C)c2nc(C3(N)CCC3)no2)c1. The van der Waals surface area contributed by atoms with Gasteiger partial charge in [0.25, 0.3) is 5.89 Å². The molecule has 0 bridgehead atoms. The van der Waals surface area contributed by atoms with Crippen molar-refractivity contribution in [1.29, 1.82) is 0 Å². The number of aromatic nitrogens is 2. The molecule has 1 unspecified atom stereocenters. The van der Waals surface area contributed by atoms with Gasteiger partial charge in [-0.3, -0.25) is 4.79 Å². The van der Waals surface area contributed by atoms with Gasteiger partial charge in [-0.1, -0.05) is 17.3 Å². The Bertz CT molecular complexity index is 691. The highest BCUT2D eigenvalue weighted by atomic mass is 16.5. The van der Waals surface area contributed by atoms with Crippen molar-refractivity contribution in [2.45, 2.75) is 44.8 Å². The zero-order chi connectivity index (χ0) is 15.7.